The van der Waals surface area contributed by atoms with E-state index in [-0.39, 0.29) is 11.3 Å². The second-order valence-electron chi connectivity index (χ2n) is 5.07. The van der Waals surface area contributed by atoms with E-state index in [1.807, 2.05) is 6.92 Å². The van der Waals surface area contributed by atoms with E-state index in [4.69, 9.17) is 4.74 Å². The fraction of sp³-hybridized carbons (Fsp3) is 1.00. The van der Waals surface area contributed by atoms with Crippen molar-refractivity contribution >= 4 is 9.84 Å². The topological polar surface area (TPSA) is 55.4 Å². The van der Waals surface area contributed by atoms with Crippen LogP contribution in [0.2, 0.25) is 0 Å². The van der Waals surface area contributed by atoms with Gasteiger partial charge in [0.1, 0.15) is 0 Å². The molecule has 1 N–H and O–H groups in total. The van der Waals surface area contributed by atoms with Crippen LogP contribution >= 0.6 is 0 Å². The first-order valence-corrected chi connectivity index (χ1v) is 7.25. The number of ether oxygens (including phenoxy) is 1. The third-order valence-corrected chi connectivity index (χ3v) is 5.39. The quantitative estimate of drug-likeness (QED) is 0.763. The molecule has 0 radical (unpaired) electrons. The second kappa shape index (κ2) is 3.71. The SMILES string of the molecule is COC1CC(NC2(C)CCS(=O)(=O)C2)C1. The van der Waals surface area contributed by atoms with Gasteiger partial charge in [-0.05, 0) is 26.2 Å². The third kappa shape index (κ3) is 2.52. The summed E-state index contributed by atoms with van der Waals surface area (Å²) in [6, 6.07) is 0.438. The number of methoxy groups -OCH3 is 1. The predicted octanol–water partition coefficient (Wildman–Crippen LogP) is 0.331. The number of sulfone groups is 1. The summed E-state index contributed by atoms with van der Waals surface area (Å²) in [5, 5.41) is 3.45. The van der Waals surface area contributed by atoms with E-state index in [9.17, 15) is 8.42 Å². The molecule has 0 amide bonds. The molecule has 0 aromatic rings. The Bertz CT molecular complexity index is 335. The molecule has 0 spiro atoms. The lowest BCUT2D eigenvalue weighted by atomic mass is 9.86. The van der Waals surface area contributed by atoms with Crippen LogP contribution in [0.3, 0.4) is 0 Å². The van der Waals surface area contributed by atoms with Gasteiger partial charge in [-0.25, -0.2) is 8.42 Å². The summed E-state index contributed by atoms with van der Waals surface area (Å²) in [5.41, 5.74) is -0.206. The molecule has 4 nitrogen and oxygen atoms in total. The van der Waals surface area contributed by atoms with Gasteiger partial charge in [-0.1, -0.05) is 0 Å². The van der Waals surface area contributed by atoms with E-state index in [0.29, 0.717) is 17.9 Å². The van der Waals surface area contributed by atoms with Gasteiger partial charge in [0, 0.05) is 18.7 Å². The summed E-state index contributed by atoms with van der Waals surface area (Å²) in [7, 11) is -1.07. The molecule has 2 aliphatic rings. The van der Waals surface area contributed by atoms with E-state index < -0.39 is 9.84 Å². The van der Waals surface area contributed by atoms with E-state index in [1.54, 1.807) is 7.11 Å². The van der Waals surface area contributed by atoms with E-state index in [1.165, 1.54) is 0 Å². The van der Waals surface area contributed by atoms with Crippen LogP contribution < -0.4 is 5.32 Å². The summed E-state index contributed by atoms with van der Waals surface area (Å²) >= 11 is 0. The van der Waals surface area contributed by atoms with Gasteiger partial charge in [-0.3, -0.25) is 0 Å². The van der Waals surface area contributed by atoms with Crippen LogP contribution in [0.1, 0.15) is 26.2 Å². The van der Waals surface area contributed by atoms with Gasteiger partial charge in [0.15, 0.2) is 9.84 Å². The highest BCUT2D eigenvalue weighted by atomic mass is 32.2. The molecule has 0 aromatic heterocycles. The molecule has 0 bridgehead atoms. The summed E-state index contributed by atoms with van der Waals surface area (Å²) in [6.45, 7) is 2.01. The largest absolute Gasteiger partial charge is 0.381 e. The lowest BCUT2D eigenvalue weighted by molar-refractivity contribution is 0.0101. The van der Waals surface area contributed by atoms with Gasteiger partial charge in [-0.15, -0.1) is 0 Å². The fourth-order valence-corrected chi connectivity index (χ4v) is 4.60. The highest BCUT2D eigenvalue weighted by Crippen LogP contribution is 2.29. The molecule has 0 aromatic carbocycles. The van der Waals surface area contributed by atoms with Gasteiger partial charge in [0.05, 0.1) is 17.6 Å². The van der Waals surface area contributed by atoms with Crippen molar-refractivity contribution in [2.75, 3.05) is 18.6 Å². The summed E-state index contributed by atoms with van der Waals surface area (Å²) in [4.78, 5) is 0. The smallest absolute Gasteiger partial charge is 0.152 e. The molecule has 1 aliphatic carbocycles. The summed E-state index contributed by atoms with van der Waals surface area (Å²) in [5.74, 6) is 0.616. The highest BCUT2D eigenvalue weighted by molar-refractivity contribution is 7.91. The molecular weight excluding hydrogens is 214 g/mol. The maximum atomic E-state index is 11.4. The molecule has 1 unspecified atom stereocenters. The van der Waals surface area contributed by atoms with Crippen molar-refractivity contribution in [2.24, 2.45) is 0 Å². The molecule has 2 fully saturated rings. The molecule has 5 heteroatoms. The Morgan fingerprint density at radius 1 is 1.40 bits per heavy atom. The van der Waals surface area contributed by atoms with Crippen molar-refractivity contribution in [2.45, 2.75) is 43.9 Å². The van der Waals surface area contributed by atoms with Crippen LogP contribution in [0.5, 0.6) is 0 Å². The summed E-state index contributed by atoms with van der Waals surface area (Å²) < 4.78 is 28.0. The Balaban J connectivity index is 1.86. The Kier molecular flexibility index (Phi) is 2.81. The predicted molar refractivity (Wildman–Crippen MR) is 58.6 cm³/mol. The van der Waals surface area contributed by atoms with Crippen molar-refractivity contribution < 1.29 is 13.2 Å². The first-order valence-electron chi connectivity index (χ1n) is 5.43. The minimum absolute atomic E-state index is 0.206. The van der Waals surface area contributed by atoms with E-state index in [0.717, 1.165) is 19.3 Å². The number of hydrogen-bond acceptors (Lipinski definition) is 4. The van der Waals surface area contributed by atoms with Crippen LogP contribution in [0, 0.1) is 0 Å². The van der Waals surface area contributed by atoms with Crippen LogP contribution in [-0.4, -0.2) is 44.7 Å². The Morgan fingerprint density at radius 2 is 2.07 bits per heavy atom. The first kappa shape index (κ1) is 11.4. The minimum Gasteiger partial charge on any atom is -0.381 e. The van der Waals surface area contributed by atoms with Gasteiger partial charge in [0.25, 0.3) is 0 Å². The second-order valence-corrected chi connectivity index (χ2v) is 7.26. The van der Waals surface area contributed by atoms with Crippen molar-refractivity contribution in [3.05, 3.63) is 0 Å². The van der Waals surface area contributed by atoms with Gasteiger partial charge >= 0.3 is 0 Å². The zero-order chi connectivity index (χ0) is 11.1. The highest BCUT2D eigenvalue weighted by Gasteiger charge is 2.42. The van der Waals surface area contributed by atoms with Crippen molar-refractivity contribution in [1.82, 2.24) is 5.32 Å². The van der Waals surface area contributed by atoms with E-state index >= 15 is 0 Å². The maximum absolute atomic E-state index is 11.4. The molecule has 1 heterocycles. The molecule has 1 saturated carbocycles. The number of hydrogen-bond donors (Lipinski definition) is 1. The Labute approximate surface area is 91.3 Å². The van der Waals surface area contributed by atoms with Gasteiger partial charge in [0.2, 0.25) is 0 Å². The first-order chi connectivity index (χ1) is 6.92. The molecule has 15 heavy (non-hydrogen) atoms. The number of nitrogens with one attached hydrogen (secondary N) is 1. The van der Waals surface area contributed by atoms with E-state index in [2.05, 4.69) is 5.32 Å². The molecule has 1 atom stereocenters. The average Bonchev–Trinajstić information content (AvgIpc) is 2.33. The van der Waals surface area contributed by atoms with Crippen LogP contribution in [0.15, 0.2) is 0 Å². The Morgan fingerprint density at radius 3 is 2.53 bits per heavy atom. The molecule has 1 aliphatic heterocycles. The molecule has 1 saturated heterocycles. The van der Waals surface area contributed by atoms with Gasteiger partial charge in [-0.2, -0.15) is 0 Å². The minimum atomic E-state index is -2.80. The van der Waals surface area contributed by atoms with Gasteiger partial charge < -0.3 is 10.1 Å². The zero-order valence-electron chi connectivity index (χ0n) is 9.32. The third-order valence-electron chi connectivity index (χ3n) is 3.48. The van der Waals surface area contributed by atoms with Crippen molar-refractivity contribution in [3.63, 3.8) is 0 Å². The maximum Gasteiger partial charge on any atom is 0.152 e. The average molecular weight is 233 g/mol. The fourth-order valence-electron chi connectivity index (χ4n) is 2.49. The summed E-state index contributed by atoms with van der Waals surface area (Å²) in [6.07, 6.45) is 3.12. The lowest BCUT2D eigenvalue weighted by Gasteiger charge is -2.40. The van der Waals surface area contributed by atoms with Crippen molar-refractivity contribution in [3.8, 4) is 0 Å². The zero-order valence-corrected chi connectivity index (χ0v) is 10.1. The van der Waals surface area contributed by atoms with Crippen LogP contribution in [0.4, 0.5) is 0 Å². The lowest BCUT2D eigenvalue weighted by Crippen LogP contribution is -2.55. The normalized spacial score (nSPS) is 43.9. The molecular formula is C10H19NO3S. The van der Waals surface area contributed by atoms with Crippen LogP contribution in [-0.2, 0) is 14.6 Å². The standard InChI is InChI=1S/C10H19NO3S/c1-10(3-4-15(12,13)7-10)11-8-5-9(6-8)14-2/h8-9,11H,3-7H2,1-2H3. The molecule has 2 rings (SSSR count). The Hall–Kier alpha value is -0.130. The van der Waals surface area contributed by atoms with Crippen LogP contribution in [0.25, 0.3) is 0 Å². The number of rotatable bonds is 3. The monoisotopic (exact) mass is 233 g/mol. The van der Waals surface area contributed by atoms with Crippen molar-refractivity contribution in [1.29, 1.82) is 0 Å². The molecule has 88 valence electrons.